The number of amides is 1. The largest absolute Gasteiger partial charge is 0.497 e. The van der Waals surface area contributed by atoms with E-state index in [4.69, 9.17) is 18.9 Å². The Balaban J connectivity index is 2.05. The number of rotatable bonds is 8. The number of aryl methyl sites for hydroxylation is 2. The highest BCUT2D eigenvalue weighted by molar-refractivity contribution is 5.92. The summed E-state index contributed by atoms with van der Waals surface area (Å²) < 4.78 is 21.1. The zero-order chi connectivity index (χ0) is 19.1. The molecule has 0 fully saturated rings. The van der Waals surface area contributed by atoms with Crippen molar-refractivity contribution < 1.29 is 23.7 Å². The Morgan fingerprint density at radius 2 is 1.42 bits per heavy atom. The monoisotopic (exact) mass is 359 g/mol. The molecule has 0 aliphatic heterocycles. The Kier molecular flexibility index (Phi) is 6.72. The third kappa shape index (κ3) is 4.81. The van der Waals surface area contributed by atoms with Gasteiger partial charge in [-0.2, -0.15) is 0 Å². The van der Waals surface area contributed by atoms with Crippen molar-refractivity contribution in [1.29, 1.82) is 0 Å². The number of hydrogen-bond donors (Lipinski definition) is 1. The zero-order valence-corrected chi connectivity index (χ0v) is 15.8. The molecular formula is C20H25NO5. The molecule has 1 amide bonds. The van der Waals surface area contributed by atoms with Gasteiger partial charge in [0.05, 0.1) is 28.4 Å². The average molecular weight is 359 g/mol. The highest BCUT2D eigenvalue weighted by Gasteiger charge is 2.12. The molecule has 26 heavy (non-hydrogen) atoms. The Hall–Kier alpha value is -2.89. The van der Waals surface area contributed by atoms with Crippen molar-refractivity contribution in [3.63, 3.8) is 0 Å². The molecule has 2 aromatic rings. The van der Waals surface area contributed by atoms with E-state index in [9.17, 15) is 4.79 Å². The van der Waals surface area contributed by atoms with Gasteiger partial charge in [-0.05, 0) is 42.7 Å². The maximum Gasteiger partial charge on any atom is 0.224 e. The minimum atomic E-state index is -0.0814. The molecule has 0 saturated heterocycles. The fourth-order valence-corrected chi connectivity index (χ4v) is 2.60. The fraction of sp³-hybridized carbons (Fsp3) is 0.350. The summed E-state index contributed by atoms with van der Waals surface area (Å²) in [6.45, 7) is 1.91. The van der Waals surface area contributed by atoms with E-state index in [1.807, 2.05) is 25.1 Å². The molecule has 0 spiro atoms. The molecule has 6 heteroatoms. The van der Waals surface area contributed by atoms with E-state index in [1.54, 1.807) is 40.6 Å². The molecule has 0 saturated carbocycles. The number of benzene rings is 2. The Morgan fingerprint density at radius 3 is 1.96 bits per heavy atom. The number of carbonyl (C=O) groups is 1. The molecule has 1 N–H and O–H groups in total. The summed E-state index contributed by atoms with van der Waals surface area (Å²) in [6.07, 6.45) is 0.913. The maximum atomic E-state index is 12.4. The van der Waals surface area contributed by atoms with E-state index in [1.165, 1.54) is 0 Å². The van der Waals surface area contributed by atoms with Crippen molar-refractivity contribution in [1.82, 2.24) is 0 Å². The van der Waals surface area contributed by atoms with E-state index in [0.29, 0.717) is 41.5 Å². The van der Waals surface area contributed by atoms with Crippen LogP contribution in [0.4, 0.5) is 5.69 Å². The summed E-state index contributed by atoms with van der Waals surface area (Å²) in [5.74, 6) is 2.53. The number of anilines is 1. The van der Waals surface area contributed by atoms with Gasteiger partial charge in [0.15, 0.2) is 11.5 Å². The van der Waals surface area contributed by atoms with Crippen molar-refractivity contribution in [2.45, 2.75) is 19.8 Å². The molecule has 0 heterocycles. The first-order chi connectivity index (χ1) is 12.5. The van der Waals surface area contributed by atoms with Gasteiger partial charge in [-0.3, -0.25) is 4.79 Å². The lowest BCUT2D eigenvalue weighted by Crippen LogP contribution is -2.13. The molecule has 0 aliphatic carbocycles. The minimum Gasteiger partial charge on any atom is -0.497 e. The normalized spacial score (nSPS) is 10.2. The first-order valence-corrected chi connectivity index (χ1v) is 8.25. The Bertz CT molecular complexity index is 751. The molecule has 0 bridgehead atoms. The van der Waals surface area contributed by atoms with Crippen LogP contribution in [0, 0.1) is 6.92 Å². The van der Waals surface area contributed by atoms with Crippen LogP contribution < -0.4 is 24.3 Å². The molecule has 0 unspecified atom stereocenters. The minimum absolute atomic E-state index is 0.0814. The van der Waals surface area contributed by atoms with Crippen molar-refractivity contribution in [2.75, 3.05) is 33.8 Å². The molecule has 0 aliphatic rings. The SMILES string of the molecule is COc1cc(CCC(=O)Nc2cc(OC)c(OC)cc2C)cc(OC)c1. The quantitative estimate of drug-likeness (QED) is 0.780. The summed E-state index contributed by atoms with van der Waals surface area (Å²) in [4.78, 5) is 12.4. The predicted molar refractivity (Wildman–Crippen MR) is 101 cm³/mol. The van der Waals surface area contributed by atoms with Gasteiger partial charge in [0.1, 0.15) is 11.5 Å². The number of nitrogens with one attached hydrogen (secondary N) is 1. The summed E-state index contributed by atoms with van der Waals surface area (Å²) in [5, 5.41) is 2.93. The average Bonchev–Trinajstić information content (AvgIpc) is 2.67. The van der Waals surface area contributed by atoms with Crippen LogP contribution in [0.15, 0.2) is 30.3 Å². The number of carbonyl (C=O) groups excluding carboxylic acids is 1. The van der Waals surface area contributed by atoms with Gasteiger partial charge in [0, 0.05) is 24.2 Å². The smallest absolute Gasteiger partial charge is 0.224 e. The third-order valence-electron chi connectivity index (χ3n) is 4.06. The van der Waals surface area contributed by atoms with E-state index >= 15 is 0 Å². The second-order valence-corrected chi connectivity index (χ2v) is 5.79. The van der Waals surface area contributed by atoms with Crippen LogP contribution >= 0.6 is 0 Å². The highest BCUT2D eigenvalue weighted by atomic mass is 16.5. The van der Waals surface area contributed by atoms with Crippen molar-refractivity contribution in [3.8, 4) is 23.0 Å². The molecular weight excluding hydrogens is 334 g/mol. The van der Waals surface area contributed by atoms with Crippen LogP contribution in [0.25, 0.3) is 0 Å². The van der Waals surface area contributed by atoms with Crippen LogP contribution in [-0.4, -0.2) is 34.3 Å². The molecule has 6 nitrogen and oxygen atoms in total. The second kappa shape index (κ2) is 8.99. The molecule has 140 valence electrons. The first kappa shape index (κ1) is 19.4. The van der Waals surface area contributed by atoms with E-state index in [-0.39, 0.29) is 5.91 Å². The summed E-state index contributed by atoms with van der Waals surface area (Å²) in [5.41, 5.74) is 2.58. The lowest BCUT2D eigenvalue weighted by molar-refractivity contribution is -0.116. The maximum absolute atomic E-state index is 12.4. The van der Waals surface area contributed by atoms with E-state index in [2.05, 4.69) is 5.32 Å². The van der Waals surface area contributed by atoms with Gasteiger partial charge < -0.3 is 24.3 Å². The van der Waals surface area contributed by atoms with Gasteiger partial charge >= 0.3 is 0 Å². The molecule has 2 aromatic carbocycles. The second-order valence-electron chi connectivity index (χ2n) is 5.79. The Labute approximate surface area is 154 Å². The molecule has 0 aromatic heterocycles. The first-order valence-electron chi connectivity index (χ1n) is 8.25. The van der Waals surface area contributed by atoms with Gasteiger partial charge in [0.25, 0.3) is 0 Å². The Morgan fingerprint density at radius 1 is 0.846 bits per heavy atom. The molecule has 0 atom stereocenters. The van der Waals surface area contributed by atoms with Crippen LogP contribution in [0.3, 0.4) is 0 Å². The molecule has 2 rings (SSSR count). The van der Waals surface area contributed by atoms with E-state index in [0.717, 1.165) is 11.1 Å². The van der Waals surface area contributed by atoms with Crippen LogP contribution in [0.1, 0.15) is 17.5 Å². The lowest BCUT2D eigenvalue weighted by Gasteiger charge is -2.14. The van der Waals surface area contributed by atoms with Crippen LogP contribution in [-0.2, 0) is 11.2 Å². The lowest BCUT2D eigenvalue weighted by atomic mass is 10.1. The van der Waals surface area contributed by atoms with Crippen LogP contribution in [0.2, 0.25) is 0 Å². The van der Waals surface area contributed by atoms with E-state index < -0.39 is 0 Å². The van der Waals surface area contributed by atoms with Gasteiger partial charge in [-0.1, -0.05) is 0 Å². The van der Waals surface area contributed by atoms with Crippen molar-refractivity contribution in [3.05, 3.63) is 41.5 Å². The third-order valence-corrected chi connectivity index (χ3v) is 4.06. The fourth-order valence-electron chi connectivity index (χ4n) is 2.60. The topological polar surface area (TPSA) is 66.0 Å². The van der Waals surface area contributed by atoms with Crippen LogP contribution in [0.5, 0.6) is 23.0 Å². The summed E-state index contributed by atoms with van der Waals surface area (Å²) >= 11 is 0. The summed E-state index contributed by atoms with van der Waals surface area (Å²) in [7, 11) is 6.35. The number of hydrogen-bond acceptors (Lipinski definition) is 5. The summed E-state index contributed by atoms with van der Waals surface area (Å²) in [6, 6.07) is 9.20. The highest BCUT2D eigenvalue weighted by Crippen LogP contribution is 2.33. The van der Waals surface area contributed by atoms with Gasteiger partial charge in [-0.25, -0.2) is 0 Å². The standard InChI is InChI=1S/C20H25NO5/c1-13-8-18(25-4)19(26-5)12-17(13)21-20(22)7-6-14-9-15(23-2)11-16(10-14)24-3/h8-12H,6-7H2,1-5H3,(H,21,22). The molecule has 0 radical (unpaired) electrons. The predicted octanol–water partition coefficient (Wildman–Crippen LogP) is 3.60. The van der Waals surface area contributed by atoms with Gasteiger partial charge in [0.2, 0.25) is 5.91 Å². The number of ether oxygens (including phenoxy) is 4. The van der Waals surface area contributed by atoms with Crippen molar-refractivity contribution >= 4 is 11.6 Å². The number of methoxy groups -OCH3 is 4. The van der Waals surface area contributed by atoms with Crippen molar-refractivity contribution in [2.24, 2.45) is 0 Å². The van der Waals surface area contributed by atoms with Gasteiger partial charge in [-0.15, -0.1) is 0 Å². The zero-order valence-electron chi connectivity index (χ0n) is 15.8.